The van der Waals surface area contributed by atoms with Gasteiger partial charge in [-0.15, -0.1) is 0 Å². The second-order valence-corrected chi connectivity index (χ2v) is 7.60. The highest BCUT2D eigenvalue weighted by Gasteiger charge is 2.28. The first kappa shape index (κ1) is 11.2. The van der Waals surface area contributed by atoms with Crippen molar-refractivity contribution in [3.05, 3.63) is 21.4 Å². The van der Waals surface area contributed by atoms with E-state index in [0.29, 0.717) is 16.6 Å². The number of thiol groups is 1. The van der Waals surface area contributed by atoms with Crippen molar-refractivity contribution in [3.63, 3.8) is 0 Å². The number of rotatable bonds is 3. The van der Waals surface area contributed by atoms with Crippen molar-refractivity contribution in [3.8, 4) is 0 Å². The van der Waals surface area contributed by atoms with Crippen molar-refractivity contribution >= 4 is 38.1 Å². The number of halogens is 1. The summed E-state index contributed by atoms with van der Waals surface area (Å²) in [4.78, 5) is 14.9. The van der Waals surface area contributed by atoms with Gasteiger partial charge in [0.1, 0.15) is 5.03 Å². The lowest BCUT2D eigenvalue weighted by Gasteiger charge is -2.14. The molecule has 0 saturated heterocycles. The van der Waals surface area contributed by atoms with Gasteiger partial charge < -0.3 is 0 Å². The van der Waals surface area contributed by atoms with Crippen LogP contribution in [0.15, 0.2) is 17.3 Å². The quantitative estimate of drug-likeness (QED) is 0.519. The molecule has 15 heavy (non-hydrogen) atoms. The Labute approximate surface area is 103 Å². The Balaban J connectivity index is 2.53. The van der Waals surface area contributed by atoms with Gasteiger partial charge in [0.2, 0.25) is 0 Å². The predicted molar refractivity (Wildman–Crippen MR) is 69.4 cm³/mol. The van der Waals surface area contributed by atoms with Crippen LogP contribution in [-0.2, 0) is 14.7 Å². The molecular weight excluding hydrogens is 325 g/mol. The molecule has 0 aliphatic heterocycles. The van der Waals surface area contributed by atoms with Crippen LogP contribution in [0.2, 0.25) is 0 Å². The van der Waals surface area contributed by atoms with E-state index in [1.807, 2.05) is 6.07 Å². The highest BCUT2D eigenvalue weighted by atomic mass is 127. The fraction of sp³-hybridized carbons (Fsp3) is 0.400. The molecule has 82 valence electrons. The molecule has 1 aromatic rings. The Kier molecular flexibility index (Phi) is 2.94. The summed E-state index contributed by atoms with van der Waals surface area (Å²) in [5.74, 6) is 0.588. The first-order valence-electron chi connectivity index (χ1n) is 4.75. The van der Waals surface area contributed by atoms with Gasteiger partial charge in [-0.25, -0.2) is 4.98 Å². The van der Waals surface area contributed by atoms with Gasteiger partial charge in [-0.2, -0.15) is 0 Å². The van der Waals surface area contributed by atoms with Crippen LogP contribution < -0.4 is 0 Å². The molecule has 1 saturated carbocycles. The van der Waals surface area contributed by atoms with Crippen LogP contribution >= 0.6 is 22.6 Å². The zero-order valence-corrected chi connectivity index (χ0v) is 11.4. The normalized spacial score (nSPS) is 17.5. The number of pyridine rings is 1. The third-order valence-corrected chi connectivity index (χ3v) is 5.68. The summed E-state index contributed by atoms with van der Waals surface area (Å²) in [6.07, 6.45) is 5.51. The number of nitrogens with zero attached hydrogens (tertiary/aromatic N) is 1. The number of carbonyl (C=O) groups is 1. The summed E-state index contributed by atoms with van der Waals surface area (Å²) in [5.41, 5.74) is 1.73. The average molecular weight is 337 g/mol. The average Bonchev–Trinajstić information content (AvgIpc) is 3.01. The van der Waals surface area contributed by atoms with Crippen LogP contribution in [0.1, 0.15) is 24.3 Å². The van der Waals surface area contributed by atoms with E-state index in [9.17, 15) is 9.00 Å². The first-order valence-corrected chi connectivity index (χ1v) is 8.05. The maximum Gasteiger partial charge on any atom is 0.188 e. The molecule has 1 aliphatic carbocycles. The van der Waals surface area contributed by atoms with Crippen LogP contribution in [0.3, 0.4) is 0 Å². The summed E-state index contributed by atoms with van der Waals surface area (Å²) in [5, 5.41) is 0.475. The monoisotopic (exact) mass is 337 g/mol. The summed E-state index contributed by atoms with van der Waals surface area (Å²) in [6.45, 7) is 0. The van der Waals surface area contributed by atoms with Gasteiger partial charge in [0.05, 0.1) is 0 Å². The van der Waals surface area contributed by atoms with Crippen molar-refractivity contribution in [1.82, 2.24) is 4.98 Å². The van der Waals surface area contributed by atoms with Crippen LogP contribution in [0, 0.1) is 3.57 Å². The molecule has 5 heteroatoms. The van der Waals surface area contributed by atoms with Gasteiger partial charge in [0.15, 0.2) is 5.62 Å². The zero-order chi connectivity index (χ0) is 11.1. The van der Waals surface area contributed by atoms with Gasteiger partial charge >= 0.3 is 0 Å². The SMILES string of the molecule is C[SH](=O)(C=O)c1nccc(C2CC2)c1I. The van der Waals surface area contributed by atoms with Crippen molar-refractivity contribution < 1.29 is 9.00 Å². The van der Waals surface area contributed by atoms with Crippen molar-refractivity contribution in [2.45, 2.75) is 23.8 Å². The van der Waals surface area contributed by atoms with Gasteiger partial charge in [-0.1, -0.05) is 0 Å². The lowest BCUT2D eigenvalue weighted by molar-refractivity contribution is 0.565. The molecule has 1 heterocycles. The van der Waals surface area contributed by atoms with Crippen molar-refractivity contribution in [1.29, 1.82) is 0 Å². The minimum Gasteiger partial charge on any atom is -0.290 e. The smallest absolute Gasteiger partial charge is 0.188 e. The minimum atomic E-state index is -2.90. The molecule has 0 atom stereocenters. The van der Waals surface area contributed by atoms with E-state index < -0.39 is 9.93 Å². The summed E-state index contributed by atoms with van der Waals surface area (Å²) in [6, 6.07) is 1.97. The van der Waals surface area contributed by atoms with Crippen LogP contribution in [0.5, 0.6) is 0 Å². The molecule has 0 N–H and O–H groups in total. The third-order valence-electron chi connectivity index (χ3n) is 2.54. The van der Waals surface area contributed by atoms with Gasteiger partial charge in [-0.05, 0) is 62.9 Å². The standard InChI is InChI=1S/C10H12INO2S/c1-15(14,6-13)10-9(11)8(4-5-12-10)7-2-3-7/h4-7,15H,2-3H2,1H3. The van der Waals surface area contributed by atoms with E-state index in [0.717, 1.165) is 3.57 Å². The fourth-order valence-electron chi connectivity index (χ4n) is 1.52. The van der Waals surface area contributed by atoms with E-state index in [4.69, 9.17) is 0 Å². The van der Waals surface area contributed by atoms with Gasteiger partial charge in [0, 0.05) is 16.0 Å². The number of hydrogen-bond acceptors (Lipinski definition) is 3. The molecule has 0 radical (unpaired) electrons. The molecule has 0 amide bonds. The topological polar surface area (TPSA) is 47.0 Å². The summed E-state index contributed by atoms with van der Waals surface area (Å²) < 4.78 is 12.9. The Morgan fingerprint density at radius 2 is 2.27 bits per heavy atom. The van der Waals surface area contributed by atoms with E-state index in [1.54, 1.807) is 6.20 Å². The first-order chi connectivity index (χ1) is 7.06. The minimum absolute atomic E-state index is 0.475. The van der Waals surface area contributed by atoms with Crippen LogP contribution in [0.25, 0.3) is 0 Å². The Morgan fingerprint density at radius 3 is 2.80 bits per heavy atom. The summed E-state index contributed by atoms with van der Waals surface area (Å²) in [7, 11) is -2.90. The van der Waals surface area contributed by atoms with Crippen LogP contribution in [-0.4, -0.2) is 21.1 Å². The molecule has 0 bridgehead atoms. The van der Waals surface area contributed by atoms with E-state index in [2.05, 4.69) is 27.6 Å². The highest BCUT2D eigenvalue weighted by molar-refractivity contribution is 14.1. The molecule has 2 rings (SSSR count). The second kappa shape index (κ2) is 3.93. The molecular formula is C10H12INO2S. The molecule has 0 unspecified atom stereocenters. The number of aromatic nitrogens is 1. The maximum absolute atomic E-state index is 12.0. The molecule has 3 nitrogen and oxygen atoms in total. The lowest BCUT2D eigenvalue weighted by Crippen LogP contribution is -2.15. The van der Waals surface area contributed by atoms with Gasteiger partial charge in [-0.3, -0.25) is 9.00 Å². The largest absolute Gasteiger partial charge is 0.290 e. The molecule has 0 spiro atoms. The summed E-state index contributed by atoms with van der Waals surface area (Å²) >= 11 is 2.15. The predicted octanol–water partition coefficient (Wildman–Crippen LogP) is 1.76. The third kappa shape index (κ3) is 2.13. The Morgan fingerprint density at radius 1 is 1.60 bits per heavy atom. The zero-order valence-electron chi connectivity index (χ0n) is 8.31. The number of hydrogen-bond donors (Lipinski definition) is 1. The maximum atomic E-state index is 12.0. The van der Waals surface area contributed by atoms with Gasteiger partial charge in [0.25, 0.3) is 0 Å². The van der Waals surface area contributed by atoms with E-state index in [1.165, 1.54) is 24.7 Å². The molecule has 0 aromatic carbocycles. The lowest BCUT2D eigenvalue weighted by atomic mass is 10.2. The van der Waals surface area contributed by atoms with Crippen molar-refractivity contribution in [2.75, 3.05) is 6.26 Å². The molecule has 1 aliphatic rings. The van der Waals surface area contributed by atoms with Crippen molar-refractivity contribution in [2.24, 2.45) is 0 Å². The molecule has 1 aromatic heterocycles. The Bertz CT molecular complexity index is 457. The van der Waals surface area contributed by atoms with E-state index >= 15 is 0 Å². The van der Waals surface area contributed by atoms with Crippen LogP contribution in [0.4, 0.5) is 0 Å². The highest BCUT2D eigenvalue weighted by Crippen LogP contribution is 2.43. The second-order valence-electron chi connectivity index (χ2n) is 3.91. The molecule has 1 fully saturated rings. The Hall–Kier alpha value is -0.300. The number of carbonyl (C=O) groups excluding carboxylic acids is 1. The fourth-order valence-corrected chi connectivity index (χ4v) is 4.63. The van der Waals surface area contributed by atoms with E-state index in [-0.39, 0.29) is 0 Å².